The average molecular weight is 1400 g/mol. The topological polar surface area (TPSA) is 96.3 Å². The quantitative estimate of drug-likeness (QED) is 0.0348. The van der Waals surface area contributed by atoms with Gasteiger partial charge in [-0.05, 0) is 165 Å². The normalized spacial score (nSPS) is 11.7. The highest BCUT2D eigenvalue weighted by Gasteiger charge is 2.26. The van der Waals surface area contributed by atoms with Crippen molar-refractivity contribution in [2.24, 2.45) is 0 Å². The number of hydrogen-bond acceptors (Lipinski definition) is 12. The number of benzene rings is 3. The highest BCUT2D eigenvalue weighted by Crippen LogP contribution is 2.52. The van der Waals surface area contributed by atoms with Crippen molar-refractivity contribution in [3.05, 3.63) is 119 Å². The highest BCUT2D eigenvalue weighted by molar-refractivity contribution is 7.29. The van der Waals surface area contributed by atoms with E-state index < -0.39 is 0 Å². The molecule has 0 radical (unpaired) electrons. The molecule has 0 spiro atoms. The number of aromatic nitrogens is 4. The van der Waals surface area contributed by atoms with E-state index in [-0.39, 0.29) is 0 Å². The average Bonchev–Trinajstić information content (AvgIpc) is 1.72. The third-order valence-electron chi connectivity index (χ3n) is 19.3. The molecule has 6 heterocycles. The summed E-state index contributed by atoms with van der Waals surface area (Å²) in [5.41, 5.74) is 10.4. The van der Waals surface area contributed by atoms with Gasteiger partial charge in [0, 0.05) is 56.4 Å². The zero-order chi connectivity index (χ0) is 68.2. The fraction of sp³-hybridized carbons (Fsp3) is 0.558. The Hall–Kier alpha value is -5.66. The Morgan fingerprint density at radius 1 is 0.306 bits per heavy atom. The second-order valence-electron chi connectivity index (χ2n) is 27.6. The molecule has 12 heteroatoms. The lowest BCUT2D eigenvalue weighted by molar-refractivity contribution is 0.297. The predicted octanol–water partition coefficient (Wildman–Crippen LogP) is 29.1. The predicted molar refractivity (Wildman–Crippen MR) is 423 cm³/mol. The minimum atomic E-state index is 0.408. The summed E-state index contributed by atoms with van der Waals surface area (Å²) >= 11 is 8.09. The first kappa shape index (κ1) is 76.5. The van der Waals surface area contributed by atoms with Crippen LogP contribution in [-0.4, -0.2) is 33.6 Å². The zero-order valence-electron chi connectivity index (χ0n) is 61.0. The van der Waals surface area contributed by atoms with E-state index in [4.69, 9.17) is 28.5 Å². The molecule has 6 aromatic heterocycles. The molecular formula is C86H118N4O4S4. The molecular weight excluding hydrogens is 1280 g/mol. The SMILES string of the molecule is CCCCCCCCOc1cc(-c2sc(-c3cc(CCCCCCCC)c(-c4cc(CCCCCCCC)c(-c5cc(CCCCCCCC)cs5)s4)s3)cc2CCCCCCCC)c(OCCCCCCCC)cc1-c1nnc(-c2ccc(-c3nnc(-c4ccccc4)o3)cc2)o1. The summed E-state index contributed by atoms with van der Waals surface area (Å²) in [6.45, 7) is 15.1. The molecule has 3 aromatic carbocycles. The van der Waals surface area contributed by atoms with Crippen LogP contribution in [0.2, 0.25) is 0 Å². The van der Waals surface area contributed by atoms with Gasteiger partial charge in [0.1, 0.15) is 11.5 Å². The van der Waals surface area contributed by atoms with E-state index in [1.165, 1.54) is 256 Å². The molecule has 0 saturated heterocycles. The van der Waals surface area contributed by atoms with E-state index in [1.54, 1.807) is 5.56 Å². The van der Waals surface area contributed by atoms with Gasteiger partial charge < -0.3 is 18.3 Å². The van der Waals surface area contributed by atoms with Gasteiger partial charge in [-0.25, -0.2) is 0 Å². The molecule has 0 fully saturated rings. The number of rotatable bonds is 52. The smallest absolute Gasteiger partial charge is 0.252 e. The fourth-order valence-corrected chi connectivity index (χ4v) is 18.3. The van der Waals surface area contributed by atoms with Crippen LogP contribution in [-0.2, 0) is 25.7 Å². The van der Waals surface area contributed by atoms with E-state index >= 15 is 0 Å². The van der Waals surface area contributed by atoms with Crippen LogP contribution >= 0.6 is 45.3 Å². The van der Waals surface area contributed by atoms with Gasteiger partial charge in [0.25, 0.3) is 5.89 Å². The van der Waals surface area contributed by atoms with Gasteiger partial charge >= 0.3 is 0 Å². The van der Waals surface area contributed by atoms with Crippen LogP contribution in [0.3, 0.4) is 0 Å². The van der Waals surface area contributed by atoms with Crippen molar-refractivity contribution in [2.75, 3.05) is 13.2 Å². The second-order valence-corrected chi connectivity index (χ2v) is 31.7. The van der Waals surface area contributed by atoms with Gasteiger partial charge in [-0.3, -0.25) is 0 Å². The Balaban J connectivity index is 1.10. The largest absolute Gasteiger partial charge is 0.493 e. The summed E-state index contributed by atoms with van der Waals surface area (Å²) in [7, 11) is 0. The highest BCUT2D eigenvalue weighted by atomic mass is 32.1. The van der Waals surface area contributed by atoms with E-state index in [9.17, 15) is 0 Å². The third-order valence-corrected chi connectivity index (χ3v) is 24.4. The van der Waals surface area contributed by atoms with Gasteiger partial charge in [-0.1, -0.05) is 252 Å². The molecule has 0 atom stereocenters. The standard InChI is InChI=1S/C86H118N4O4S4/c1-7-13-19-25-31-38-46-65-58-78(95-64-65)81-71(51-41-34-28-22-16-10-4)61-79(98-81)82-70(50-40-33-27-21-15-9-3)60-77(97-82)76-59-69(49-39-32-26-20-14-8-2)80(96-76)72-62-75(92-57-45-36-30-24-18-12-6)73(63-74(72)91-56-44-35-29-23-17-11-5)86-90-89-85(94-86)68-54-52-67(53-55-68)84-88-87-83(93-84)66-47-42-37-43-48-66/h37,42-43,47-48,52-55,58-64H,7-36,38-41,44-46,49-51,56-57H2,1-6H3. The van der Waals surface area contributed by atoms with Crippen molar-refractivity contribution >= 4 is 45.3 Å². The van der Waals surface area contributed by atoms with Crippen LogP contribution in [0.25, 0.3) is 85.5 Å². The second kappa shape index (κ2) is 43.9. The van der Waals surface area contributed by atoms with Crippen molar-refractivity contribution in [3.8, 4) is 97.0 Å². The Kier molecular flexibility index (Phi) is 34.3. The molecule has 9 rings (SSSR count). The molecule has 0 saturated carbocycles. The maximum absolute atomic E-state index is 7.16. The number of unbranched alkanes of at least 4 members (excludes halogenated alkanes) is 30. The number of nitrogens with zero attached hydrogens (tertiary/aromatic N) is 4. The van der Waals surface area contributed by atoms with Gasteiger partial charge in [-0.2, -0.15) is 0 Å². The first-order chi connectivity index (χ1) is 48.4. The number of thiophene rings is 4. The van der Waals surface area contributed by atoms with Gasteiger partial charge in [0.15, 0.2) is 0 Å². The summed E-state index contributed by atoms with van der Waals surface area (Å²) in [6, 6.07) is 32.6. The van der Waals surface area contributed by atoms with Gasteiger partial charge in [0.05, 0.1) is 18.8 Å². The van der Waals surface area contributed by atoms with Crippen molar-refractivity contribution in [1.29, 1.82) is 0 Å². The van der Waals surface area contributed by atoms with Crippen LogP contribution in [0.1, 0.15) is 295 Å². The maximum atomic E-state index is 7.16. The lowest BCUT2D eigenvalue weighted by Crippen LogP contribution is -2.03. The third kappa shape index (κ3) is 24.0. The van der Waals surface area contributed by atoms with E-state index in [2.05, 4.69) is 116 Å². The van der Waals surface area contributed by atoms with E-state index in [0.717, 1.165) is 90.7 Å². The van der Waals surface area contributed by atoms with Crippen LogP contribution < -0.4 is 9.47 Å². The molecule has 9 aromatic rings. The molecule has 0 aliphatic heterocycles. The Morgan fingerprint density at radius 3 is 1.13 bits per heavy atom. The molecule has 0 N–H and O–H groups in total. The molecule has 0 unspecified atom stereocenters. The van der Waals surface area contributed by atoms with Gasteiger partial charge in [0.2, 0.25) is 17.7 Å². The van der Waals surface area contributed by atoms with Crippen LogP contribution in [0, 0.1) is 0 Å². The number of hydrogen-bond donors (Lipinski definition) is 0. The number of ether oxygens (including phenoxy) is 2. The number of aryl methyl sites for hydroxylation is 4. The minimum Gasteiger partial charge on any atom is -0.493 e. The summed E-state index contributed by atoms with van der Waals surface area (Å²) in [5.74, 6) is 3.36. The van der Waals surface area contributed by atoms with Crippen molar-refractivity contribution < 1.29 is 18.3 Å². The van der Waals surface area contributed by atoms with Gasteiger partial charge in [-0.15, -0.1) is 65.7 Å². The minimum absolute atomic E-state index is 0.408. The summed E-state index contributed by atoms with van der Waals surface area (Å²) < 4.78 is 27.1. The van der Waals surface area contributed by atoms with Crippen molar-refractivity contribution in [2.45, 2.75) is 298 Å². The first-order valence-electron chi connectivity index (χ1n) is 39.2. The van der Waals surface area contributed by atoms with Crippen LogP contribution in [0.15, 0.2) is 105 Å². The molecule has 0 bridgehead atoms. The van der Waals surface area contributed by atoms with Crippen molar-refractivity contribution in [3.63, 3.8) is 0 Å². The lowest BCUT2D eigenvalue weighted by Gasteiger charge is -2.17. The summed E-state index contributed by atoms with van der Waals surface area (Å²) in [4.78, 5) is 9.97. The molecule has 0 amide bonds. The monoisotopic (exact) mass is 1400 g/mol. The van der Waals surface area contributed by atoms with Crippen LogP contribution in [0.5, 0.6) is 11.5 Å². The maximum Gasteiger partial charge on any atom is 0.252 e. The zero-order valence-corrected chi connectivity index (χ0v) is 64.3. The Bertz CT molecular complexity index is 3620. The molecule has 0 aliphatic rings. The molecule has 530 valence electrons. The first-order valence-corrected chi connectivity index (χ1v) is 42.5. The van der Waals surface area contributed by atoms with E-state index in [0.29, 0.717) is 36.8 Å². The lowest BCUT2D eigenvalue weighted by atomic mass is 10.00. The molecule has 8 nitrogen and oxygen atoms in total. The summed E-state index contributed by atoms with van der Waals surface area (Å²) in [5, 5.41) is 20.7. The molecule has 98 heavy (non-hydrogen) atoms. The fourth-order valence-electron chi connectivity index (χ4n) is 13.4. The van der Waals surface area contributed by atoms with E-state index in [1.807, 2.05) is 77.3 Å². The Labute approximate surface area is 607 Å². The summed E-state index contributed by atoms with van der Waals surface area (Å²) in [6.07, 6.45) is 49.8. The Morgan fingerprint density at radius 2 is 0.653 bits per heavy atom. The van der Waals surface area contributed by atoms with Crippen LogP contribution in [0.4, 0.5) is 0 Å². The molecule has 0 aliphatic carbocycles. The van der Waals surface area contributed by atoms with Crippen molar-refractivity contribution in [1.82, 2.24) is 20.4 Å².